The molecule has 0 saturated heterocycles. The highest BCUT2D eigenvalue weighted by molar-refractivity contribution is 6.31. The molecule has 1 aromatic heterocycles. The van der Waals surface area contributed by atoms with Gasteiger partial charge in [-0.25, -0.2) is 9.78 Å². The van der Waals surface area contributed by atoms with Crippen LogP contribution in [0.5, 0.6) is 0 Å². The van der Waals surface area contributed by atoms with Gasteiger partial charge in [-0.05, 0) is 47.2 Å². The van der Waals surface area contributed by atoms with Gasteiger partial charge in [0, 0.05) is 16.8 Å². The zero-order valence-corrected chi connectivity index (χ0v) is 19.3. The van der Waals surface area contributed by atoms with E-state index in [1.54, 1.807) is 19.1 Å². The Morgan fingerprint density at radius 2 is 1.64 bits per heavy atom. The van der Waals surface area contributed by atoms with Crippen molar-refractivity contribution in [2.24, 2.45) is 0 Å². The Morgan fingerprint density at radius 3 is 2.33 bits per heavy atom. The average molecular weight is 458 g/mol. The molecule has 0 aliphatic heterocycles. The number of ether oxygens (including phenoxy) is 1. The number of benzene rings is 3. The second-order valence-corrected chi connectivity index (χ2v) is 8.10. The lowest BCUT2D eigenvalue weighted by atomic mass is 9.86. The summed E-state index contributed by atoms with van der Waals surface area (Å²) in [6, 6.07) is 25.0. The lowest BCUT2D eigenvalue weighted by molar-refractivity contribution is -0.119. The highest BCUT2D eigenvalue weighted by Crippen LogP contribution is 2.36. The van der Waals surface area contributed by atoms with E-state index in [1.807, 2.05) is 73.7 Å². The first-order valence-corrected chi connectivity index (χ1v) is 11.4. The molecule has 0 saturated carbocycles. The zero-order valence-electron chi connectivity index (χ0n) is 18.5. The molecule has 166 valence electrons. The smallest absolute Gasteiger partial charge is 0.356 e. The monoisotopic (exact) mass is 457 g/mol. The van der Waals surface area contributed by atoms with Crippen molar-refractivity contribution in [3.63, 3.8) is 0 Å². The number of carbonyl (C=O) groups is 2. The summed E-state index contributed by atoms with van der Waals surface area (Å²) in [5.74, 6) is -1.25. The third-order valence-corrected chi connectivity index (χ3v) is 5.96. The van der Waals surface area contributed by atoms with Crippen molar-refractivity contribution in [1.82, 2.24) is 4.98 Å². The topological polar surface area (TPSA) is 56.3 Å². The van der Waals surface area contributed by atoms with Gasteiger partial charge in [-0.2, -0.15) is 0 Å². The first-order valence-electron chi connectivity index (χ1n) is 11.0. The number of nitrogens with zero attached hydrogens (tertiary/aromatic N) is 1. The molecule has 0 aliphatic carbocycles. The van der Waals surface area contributed by atoms with Crippen LogP contribution < -0.4 is 0 Å². The van der Waals surface area contributed by atoms with Crippen LogP contribution in [0, 0.1) is 0 Å². The van der Waals surface area contributed by atoms with Crippen molar-refractivity contribution in [3.05, 3.63) is 101 Å². The number of hydrogen-bond donors (Lipinski definition) is 0. The lowest BCUT2D eigenvalue weighted by Gasteiger charge is -2.20. The predicted molar refractivity (Wildman–Crippen MR) is 132 cm³/mol. The summed E-state index contributed by atoms with van der Waals surface area (Å²) in [5.41, 5.74) is 3.40. The fraction of sp³-hybridized carbons (Fsp3) is 0.179. The van der Waals surface area contributed by atoms with E-state index in [9.17, 15) is 9.59 Å². The summed E-state index contributed by atoms with van der Waals surface area (Å²) in [7, 11) is 0. The Kier molecular flexibility index (Phi) is 6.85. The number of fused-ring (bicyclic) bond motifs is 1. The Bertz CT molecular complexity index is 1320. The van der Waals surface area contributed by atoms with E-state index < -0.39 is 11.9 Å². The van der Waals surface area contributed by atoms with Crippen LogP contribution in [0.15, 0.2) is 78.9 Å². The molecule has 5 heteroatoms. The van der Waals surface area contributed by atoms with Gasteiger partial charge in [-0.1, -0.05) is 79.2 Å². The lowest BCUT2D eigenvalue weighted by Crippen LogP contribution is -2.18. The maximum atomic E-state index is 13.3. The number of halogens is 1. The number of esters is 1. The summed E-state index contributed by atoms with van der Waals surface area (Å²) >= 11 is 6.53. The summed E-state index contributed by atoms with van der Waals surface area (Å²) in [6.07, 6.45) is 0.307. The third-order valence-electron chi connectivity index (χ3n) is 5.61. The maximum absolute atomic E-state index is 13.3. The number of Topliss-reactive ketones (excluding diaryl/α,β-unsaturated/α-hetero) is 1. The number of aromatic nitrogens is 1. The van der Waals surface area contributed by atoms with E-state index in [0.29, 0.717) is 22.7 Å². The number of rotatable bonds is 7. The van der Waals surface area contributed by atoms with Gasteiger partial charge in [0.25, 0.3) is 0 Å². The predicted octanol–water partition coefficient (Wildman–Crippen LogP) is 6.84. The number of ketones is 1. The molecule has 4 rings (SSSR count). The molecule has 0 bridgehead atoms. The zero-order chi connectivity index (χ0) is 23.4. The molecule has 0 fully saturated rings. The van der Waals surface area contributed by atoms with Crippen molar-refractivity contribution < 1.29 is 14.3 Å². The quantitative estimate of drug-likeness (QED) is 0.285. The van der Waals surface area contributed by atoms with E-state index in [2.05, 4.69) is 4.98 Å². The van der Waals surface area contributed by atoms with E-state index in [4.69, 9.17) is 16.3 Å². The summed E-state index contributed by atoms with van der Waals surface area (Å²) in [4.78, 5) is 30.5. The molecule has 3 aromatic carbocycles. The van der Waals surface area contributed by atoms with Crippen LogP contribution >= 0.6 is 11.6 Å². The standard InChI is InChI=1S/C28H24ClNO3/c1-3-25(31)26(21-12-8-9-13-23(21)29)27-22-16-19(18-10-6-5-7-11-18)14-15-20(22)17-24(30-27)28(32)33-4-2/h5-17,26H,3-4H2,1-2H3. The van der Waals surface area contributed by atoms with Gasteiger partial charge in [0.15, 0.2) is 0 Å². The van der Waals surface area contributed by atoms with Crippen LogP contribution in [0.25, 0.3) is 21.9 Å². The number of pyridine rings is 1. The van der Waals surface area contributed by atoms with Gasteiger partial charge in [-0.3, -0.25) is 4.79 Å². The molecule has 33 heavy (non-hydrogen) atoms. The van der Waals surface area contributed by atoms with Gasteiger partial charge in [0.1, 0.15) is 11.5 Å². The molecule has 1 heterocycles. The van der Waals surface area contributed by atoms with Gasteiger partial charge in [0.05, 0.1) is 18.2 Å². The van der Waals surface area contributed by atoms with Crippen LogP contribution in [0.3, 0.4) is 0 Å². The molecular formula is C28H24ClNO3. The molecule has 0 aliphatic rings. The van der Waals surface area contributed by atoms with Crippen LogP contribution in [0.2, 0.25) is 5.02 Å². The highest BCUT2D eigenvalue weighted by Gasteiger charge is 2.28. The number of carbonyl (C=O) groups excluding carboxylic acids is 2. The molecular weight excluding hydrogens is 434 g/mol. The van der Waals surface area contributed by atoms with Gasteiger partial charge in [0.2, 0.25) is 0 Å². The second kappa shape index (κ2) is 9.97. The largest absolute Gasteiger partial charge is 0.461 e. The molecule has 0 spiro atoms. The van der Waals surface area contributed by atoms with E-state index in [1.165, 1.54) is 0 Å². The van der Waals surface area contributed by atoms with Crippen molar-refractivity contribution in [1.29, 1.82) is 0 Å². The SMILES string of the molecule is CCOC(=O)c1cc2ccc(-c3ccccc3)cc2c(C(C(=O)CC)c2ccccc2Cl)n1. The average Bonchev–Trinajstić information content (AvgIpc) is 2.85. The van der Waals surface area contributed by atoms with Crippen LogP contribution in [0.4, 0.5) is 0 Å². The van der Waals surface area contributed by atoms with E-state index >= 15 is 0 Å². The van der Waals surface area contributed by atoms with Crippen molar-refractivity contribution in [3.8, 4) is 11.1 Å². The van der Waals surface area contributed by atoms with Crippen LogP contribution in [-0.4, -0.2) is 23.3 Å². The third kappa shape index (κ3) is 4.67. The highest BCUT2D eigenvalue weighted by atomic mass is 35.5. The fourth-order valence-electron chi connectivity index (χ4n) is 4.00. The Morgan fingerprint density at radius 1 is 0.909 bits per heavy atom. The fourth-order valence-corrected chi connectivity index (χ4v) is 4.24. The molecule has 1 unspecified atom stereocenters. The molecule has 0 N–H and O–H groups in total. The Hall–Kier alpha value is -3.50. The minimum absolute atomic E-state index is 0.0250. The number of hydrogen-bond acceptors (Lipinski definition) is 4. The summed E-state index contributed by atoms with van der Waals surface area (Å²) in [5, 5.41) is 2.10. The second-order valence-electron chi connectivity index (χ2n) is 7.69. The summed E-state index contributed by atoms with van der Waals surface area (Å²) in [6.45, 7) is 3.81. The summed E-state index contributed by atoms with van der Waals surface area (Å²) < 4.78 is 5.21. The minimum Gasteiger partial charge on any atom is -0.461 e. The van der Waals surface area contributed by atoms with Crippen molar-refractivity contribution in [2.75, 3.05) is 6.61 Å². The minimum atomic E-state index is -0.702. The van der Waals surface area contributed by atoms with Gasteiger partial charge < -0.3 is 4.74 Å². The van der Waals surface area contributed by atoms with Crippen molar-refractivity contribution in [2.45, 2.75) is 26.2 Å². The van der Waals surface area contributed by atoms with E-state index in [-0.39, 0.29) is 18.1 Å². The van der Waals surface area contributed by atoms with Crippen molar-refractivity contribution >= 4 is 34.1 Å². The first-order chi connectivity index (χ1) is 16.0. The molecule has 1 atom stereocenters. The molecule has 0 radical (unpaired) electrons. The molecule has 0 amide bonds. The maximum Gasteiger partial charge on any atom is 0.356 e. The normalized spacial score (nSPS) is 11.8. The Balaban J connectivity index is 2.02. The van der Waals surface area contributed by atoms with Crippen LogP contribution in [0.1, 0.15) is 47.9 Å². The van der Waals surface area contributed by atoms with Gasteiger partial charge >= 0.3 is 5.97 Å². The van der Waals surface area contributed by atoms with Gasteiger partial charge in [-0.15, -0.1) is 0 Å². The molecule has 4 aromatic rings. The van der Waals surface area contributed by atoms with Crippen LogP contribution in [-0.2, 0) is 9.53 Å². The molecule has 4 nitrogen and oxygen atoms in total. The first kappa shape index (κ1) is 22.7. The Labute approximate surface area is 198 Å². The van der Waals surface area contributed by atoms with E-state index in [0.717, 1.165) is 21.9 Å².